The predicted molar refractivity (Wildman–Crippen MR) is 68.3 cm³/mol. The lowest BCUT2D eigenvalue weighted by atomic mass is 10.6. The van der Waals surface area contributed by atoms with E-state index in [4.69, 9.17) is 0 Å². The van der Waals surface area contributed by atoms with Crippen LogP contribution in [0.25, 0.3) is 0 Å². The Hall–Kier alpha value is 0.260. The summed E-state index contributed by atoms with van der Waals surface area (Å²) in [5.74, 6) is 3.22. The SMILES string of the molecule is C=CCSSCCCS(=O)CCC=O. The molecule has 0 spiro atoms. The second-order valence-corrected chi connectivity index (χ2v) is 6.88. The van der Waals surface area contributed by atoms with E-state index in [0.29, 0.717) is 12.2 Å². The Bertz CT molecular complexity index is 183. The minimum absolute atomic E-state index is 0.422. The minimum Gasteiger partial charge on any atom is -0.303 e. The second-order valence-electron chi connectivity index (χ2n) is 2.55. The van der Waals surface area contributed by atoms with Crippen molar-refractivity contribution >= 4 is 38.7 Å². The van der Waals surface area contributed by atoms with E-state index < -0.39 is 10.8 Å². The predicted octanol–water partition coefficient (Wildman–Crippen LogP) is 2.28. The summed E-state index contributed by atoms with van der Waals surface area (Å²) >= 11 is 0. The molecule has 0 aliphatic heterocycles. The van der Waals surface area contributed by atoms with E-state index in [1.165, 1.54) is 0 Å². The summed E-state index contributed by atoms with van der Waals surface area (Å²) in [5.41, 5.74) is 0. The summed E-state index contributed by atoms with van der Waals surface area (Å²) in [6.07, 6.45) is 4.08. The highest BCUT2D eigenvalue weighted by Gasteiger charge is 1.98. The maximum absolute atomic E-state index is 11.2. The number of hydrogen-bond donors (Lipinski definition) is 0. The van der Waals surface area contributed by atoms with Gasteiger partial charge in [-0.15, -0.1) is 6.58 Å². The van der Waals surface area contributed by atoms with E-state index in [-0.39, 0.29) is 0 Å². The molecule has 0 aromatic rings. The van der Waals surface area contributed by atoms with Crippen LogP contribution in [0.3, 0.4) is 0 Å². The third-order valence-corrected chi connectivity index (χ3v) is 5.17. The molecule has 0 rings (SSSR count). The number of rotatable bonds is 10. The molecule has 0 bridgehead atoms. The van der Waals surface area contributed by atoms with Crippen LogP contribution in [-0.4, -0.2) is 33.5 Å². The van der Waals surface area contributed by atoms with Crippen molar-refractivity contribution in [1.29, 1.82) is 0 Å². The maximum Gasteiger partial charge on any atom is 0.120 e. The third kappa shape index (κ3) is 10.3. The van der Waals surface area contributed by atoms with Gasteiger partial charge in [-0.2, -0.15) is 0 Å². The molecular weight excluding hydrogens is 236 g/mol. The quantitative estimate of drug-likeness (QED) is 0.258. The molecular formula is C9H16O2S3. The molecule has 1 unspecified atom stereocenters. The standard InChI is InChI=1S/C9H16O2S3/c1-2-6-12-13-7-4-9-14(11)8-3-5-10/h2,5H,1,3-4,6-9H2. The van der Waals surface area contributed by atoms with Gasteiger partial charge < -0.3 is 4.79 Å². The first-order valence-electron chi connectivity index (χ1n) is 4.45. The molecule has 0 aromatic carbocycles. The molecule has 0 heterocycles. The Kier molecular flexibility index (Phi) is 11.5. The fraction of sp³-hybridized carbons (Fsp3) is 0.667. The van der Waals surface area contributed by atoms with Crippen LogP contribution in [0.4, 0.5) is 0 Å². The molecule has 14 heavy (non-hydrogen) atoms. The monoisotopic (exact) mass is 252 g/mol. The molecule has 2 nitrogen and oxygen atoms in total. The summed E-state index contributed by atoms with van der Waals surface area (Å²) in [4.78, 5) is 10.0. The van der Waals surface area contributed by atoms with E-state index >= 15 is 0 Å². The first kappa shape index (κ1) is 14.3. The molecule has 0 N–H and O–H groups in total. The van der Waals surface area contributed by atoms with Crippen molar-refractivity contribution in [2.75, 3.05) is 23.0 Å². The highest BCUT2D eigenvalue weighted by Crippen LogP contribution is 2.21. The van der Waals surface area contributed by atoms with E-state index in [2.05, 4.69) is 6.58 Å². The van der Waals surface area contributed by atoms with Gasteiger partial charge in [0.25, 0.3) is 0 Å². The largest absolute Gasteiger partial charge is 0.303 e. The molecule has 0 saturated carbocycles. The normalized spacial score (nSPS) is 12.3. The zero-order valence-electron chi connectivity index (χ0n) is 8.15. The van der Waals surface area contributed by atoms with Crippen molar-refractivity contribution in [2.45, 2.75) is 12.8 Å². The summed E-state index contributed by atoms with van der Waals surface area (Å²) in [6.45, 7) is 3.62. The summed E-state index contributed by atoms with van der Waals surface area (Å²) < 4.78 is 11.2. The lowest BCUT2D eigenvalue weighted by molar-refractivity contribution is -0.107. The van der Waals surface area contributed by atoms with Gasteiger partial charge in [0.05, 0.1) is 0 Å². The Balaban J connectivity index is 3.14. The highest BCUT2D eigenvalue weighted by molar-refractivity contribution is 8.76. The van der Waals surface area contributed by atoms with Crippen molar-refractivity contribution in [3.63, 3.8) is 0 Å². The highest BCUT2D eigenvalue weighted by atomic mass is 33.1. The average Bonchev–Trinajstić information content (AvgIpc) is 2.20. The summed E-state index contributed by atoms with van der Waals surface area (Å²) in [5, 5.41) is 0. The van der Waals surface area contributed by atoms with Gasteiger partial charge in [0, 0.05) is 40.2 Å². The average molecular weight is 252 g/mol. The zero-order valence-corrected chi connectivity index (χ0v) is 10.6. The summed E-state index contributed by atoms with van der Waals surface area (Å²) in [6, 6.07) is 0. The number of hydrogen-bond acceptors (Lipinski definition) is 4. The van der Waals surface area contributed by atoms with E-state index in [0.717, 1.165) is 30.0 Å². The molecule has 0 saturated heterocycles. The molecule has 0 amide bonds. The van der Waals surface area contributed by atoms with Crippen molar-refractivity contribution in [2.24, 2.45) is 0 Å². The van der Waals surface area contributed by atoms with Gasteiger partial charge in [-0.1, -0.05) is 27.7 Å². The molecule has 0 radical (unpaired) electrons. The van der Waals surface area contributed by atoms with Crippen molar-refractivity contribution in [3.8, 4) is 0 Å². The Morgan fingerprint density at radius 3 is 2.71 bits per heavy atom. The van der Waals surface area contributed by atoms with Gasteiger partial charge in [-0.05, 0) is 6.42 Å². The molecule has 0 aliphatic carbocycles. The van der Waals surface area contributed by atoms with Crippen molar-refractivity contribution in [3.05, 3.63) is 12.7 Å². The topological polar surface area (TPSA) is 34.1 Å². The molecule has 0 aliphatic rings. The van der Waals surface area contributed by atoms with Crippen molar-refractivity contribution in [1.82, 2.24) is 0 Å². The smallest absolute Gasteiger partial charge is 0.120 e. The molecule has 5 heteroatoms. The van der Waals surface area contributed by atoms with Crippen LogP contribution in [0.15, 0.2) is 12.7 Å². The molecule has 0 aromatic heterocycles. The fourth-order valence-electron chi connectivity index (χ4n) is 0.716. The van der Waals surface area contributed by atoms with E-state index in [9.17, 15) is 9.00 Å². The van der Waals surface area contributed by atoms with Gasteiger partial charge in [0.1, 0.15) is 6.29 Å². The summed E-state index contributed by atoms with van der Waals surface area (Å²) in [7, 11) is 2.75. The van der Waals surface area contributed by atoms with Crippen LogP contribution in [0.2, 0.25) is 0 Å². The number of aldehydes is 1. The fourth-order valence-corrected chi connectivity index (χ4v) is 3.78. The Morgan fingerprint density at radius 1 is 1.29 bits per heavy atom. The van der Waals surface area contributed by atoms with E-state index in [1.807, 2.05) is 6.08 Å². The number of carbonyl (C=O) groups excluding carboxylic acids is 1. The Labute approximate surface area is 96.2 Å². The van der Waals surface area contributed by atoms with Crippen LogP contribution >= 0.6 is 21.6 Å². The van der Waals surface area contributed by atoms with Gasteiger partial charge in [-0.25, -0.2) is 0 Å². The molecule has 82 valence electrons. The van der Waals surface area contributed by atoms with E-state index in [1.54, 1.807) is 21.6 Å². The first-order valence-corrected chi connectivity index (χ1v) is 8.42. The van der Waals surface area contributed by atoms with Crippen LogP contribution in [0.5, 0.6) is 0 Å². The lowest BCUT2D eigenvalue weighted by Gasteiger charge is -1.99. The zero-order chi connectivity index (χ0) is 10.6. The second kappa shape index (κ2) is 11.3. The Morgan fingerprint density at radius 2 is 2.07 bits per heavy atom. The first-order chi connectivity index (χ1) is 6.81. The van der Waals surface area contributed by atoms with Gasteiger partial charge in [0.2, 0.25) is 0 Å². The van der Waals surface area contributed by atoms with Crippen LogP contribution < -0.4 is 0 Å². The number of carbonyl (C=O) groups is 1. The van der Waals surface area contributed by atoms with Gasteiger partial charge in [0.15, 0.2) is 0 Å². The van der Waals surface area contributed by atoms with Gasteiger partial charge >= 0.3 is 0 Å². The third-order valence-electron chi connectivity index (χ3n) is 1.33. The minimum atomic E-state index is -0.801. The van der Waals surface area contributed by atoms with Gasteiger partial charge in [-0.3, -0.25) is 4.21 Å². The molecule has 1 atom stereocenters. The van der Waals surface area contributed by atoms with Crippen LogP contribution in [0, 0.1) is 0 Å². The van der Waals surface area contributed by atoms with Crippen LogP contribution in [-0.2, 0) is 15.6 Å². The maximum atomic E-state index is 11.2. The van der Waals surface area contributed by atoms with Crippen LogP contribution in [0.1, 0.15) is 12.8 Å². The van der Waals surface area contributed by atoms with Crippen molar-refractivity contribution < 1.29 is 9.00 Å². The molecule has 0 fully saturated rings. The lowest BCUT2D eigenvalue weighted by Crippen LogP contribution is -2.03.